The molecule has 0 aromatic rings. The van der Waals surface area contributed by atoms with Crippen LogP contribution in [0.4, 0.5) is 0 Å². The Morgan fingerprint density at radius 2 is 2.04 bits per heavy atom. The van der Waals surface area contributed by atoms with Gasteiger partial charge in [0.05, 0.1) is 24.2 Å². The number of aldehydes is 1. The fourth-order valence-corrected chi connectivity index (χ4v) is 5.27. The third kappa shape index (κ3) is 2.77. The summed E-state index contributed by atoms with van der Waals surface area (Å²) < 4.78 is 5.45. The molecule has 3 rings (SSSR count). The van der Waals surface area contributed by atoms with E-state index in [1.807, 2.05) is 0 Å². The molecule has 138 valence electrons. The van der Waals surface area contributed by atoms with E-state index in [9.17, 15) is 19.8 Å². The Morgan fingerprint density at radius 3 is 2.68 bits per heavy atom. The van der Waals surface area contributed by atoms with Crippen molar-refractivity contribution in [3.8, 4) is 0 Å². The van der Waals surface area contributed by atoms with Gasteiger partial charge in [0.25, 0.3) is 0 Å². The van der Waals surface area contributed by atoms with Gasteiger partial charge < -0.3 is 14.9 Å². The lowest BCUT2D eigenvalue weighted by molar-refractivity contribution is -0.144. The summed E-state index contributed by atoms with van der Waals surface area (Å²) in [7, 11) is 0. The maximum atomic E-state index is 12.6. The molecule has 0 amide bonds. The van der Waals surface area contributed by atoms with Crippen molar-refractivity contribution >= 4 is 12.3 Å². The number of cyclic esters (lactones) is 1. The highest BCUT2D eigenvalue weighted by atomic mass is 16.5. The van der Waals surface area contributed by atoms with E-state index in [2.05, 4.69) is 6.92 Å². The molecular formula is C20H28O5. The van der Waals surface area contributed by atoms with Crippen molar-refractivity contribution in [1.29, 1.82) is 0 Å². The third-order valence-corrected chi connectivity index (χ3v) is 6.79. The van der Waals surface area contributed by atoms with Crippen LogP contribution in [-0.2, 0) is 14.3 Å². The summed E-state index contributed by atoms with van der Waals surface area (Å²) in [4.78, 5) is 24.3. The average molecular weight is 348 g/mol. The van der Waals surface area contributed by atoms with Gasteiger partial charge in [-0.1, -0.05) is 25.2 Å². The summed E-state index contributed by atoms with van der Waals surface area (Å²) >= 11 is 0. The van der Waals surface area contributed by atoms with Crippen molar-refractivity contribution in [3.63, 3.8) is 0 Å². The zero-order chi connectivity index (χ0) is 18.5. The second kappa shape index (κ2) is 6.06. The van der Waals surface area contributed by atoms with Gasteiger partial charge in [0, 0.05) is 16.7 Å². The molecule has 0 aromatic carbocycles. The number of ether oxygens (including phenoxy) is 1. The molecule has 5 nitrogen and oxygen atoms in total. The molecule has 0 radical (unpaired) electrons. The number of carbonyl (C=O) groups is 2. The van der Waals surface area contributed by atoms with Gasteiger partial charge >= 0.3 is 5.97 Å². The molecule has 3 fully saturated rings. The summed E-state index contributed by atoms with van der Waals surface area (Å²) in [5, 5.41) is 20.3. The van der Waals surface area contributed by atoms with E-state index in [0.29, 0.717) is 25.0 Å². The number of carbonyl (C=O) groups excluding carboxylic acids is 2. The van der Waals surface area contributed by atoms with Gasteiger partial charge in [-0.15, -0.1) is 0 Å². The normalized spacial score (nSPS) is 41.6. The highest BCUT2D eigenvalue weighted by molar-refractivity contribution is 5.82. The Hall–Kier alpha value is -1.46. The van der Waals surface area contributed by atoms with Crippen LogP contribution in [0.15, 0.2) is 23.8 Å². The molecule has 1 heterocycles. The molecular weight excluding hydrogens is 320 g/mol. The summed E-state index contributed by atoms with van der Waals surface area (Å²) in [5.74, 6) is -0.822. The molecule has 5 atom stereocenters. The number of rotatable bonds is 4. The van der Waals surface area contributed by atoms with Gasteiger partial charge in [-0.2, -0.15) is 0 Å². The number of hydrogen-bond donors (Lipinski definition) is 2. The van der Waals surface area contributed by atoms with Gasteiger partial charge in [-0.05, 0) is 45.1 Å². The molecule has 25 heavy (non-hydrogen) atoms. The quantitative estimate of drug-likeness (QED) is 0.352. The van der Waals surface area contributed by atoms with Crippen LogP contribution in [0.1, 0.15) is 46.5 Å². The van der Waals surface area contributed by atoms with Crippen molar-refractivity contribution in [1.82, 2.24) is 0 Å². The van der Waals surface area contributed by atoms with Crippen molar-refractivity contribution in [2.75, 3.05) is 6.61 Å². The smallest absolute Gasteiger partial charge is 0.310 e. The maximum absolute atomic E-state index is 12.6. The number of allylic oxidation sites excluding steroid dienone is 3. The fourth-order valence-electron chi connectivity index (χ4n) is 5.27. The van der Waals surface area contributed by atoms with E-state index in [1.54, 1.807) is 32.1 Å². The SMILES string of the molecule is CC(C)(O)/C=C/C=C(/C=O)[C@H]1CC[C@@]2(C)[C@H](O)CC[C@]23COC(=O)[C@H]13. The van der Waals surface area contributed by atoms with Crippen LogP contribution in [-0.4, -0.2) is 40.8 Å². The Labute approximate surface area is 148 Å². The van der Waals surface area contributed by atoms with Crippen molar-refractivity contribution < 1.29 is 24.5 Å². The average Bonchev–Trinajstić information content (AvgIpc) is 3.01. The summed E-state index contributed by atoms with van der Waals surface area (Å²) in [5.41, 5.74) is -1.11. The lowest BCUT2D eigenvalue weighted by Crippen LogP contribution is -2.52. The van der Waals surface area contributed by atoms with Gasteiger partial charge in [0.1, 0.15) is 6.29 Å². The molecule has 2 N–H and O–H groups in total. The van der Waals surface area contributed by atoms with Gasteiger partial charge in [0.15, 0.2) is 0 Å². The minimum Gasteiger partial charge on any atom is -0.465 e. The van der Waals surface area contributed by atoms with Crippen molar-refractivity contribution in [2.24, 2.45) is 22.7 Å². The van der Waals surface area contributed by atoms with Crippen LogP contribution < -0.4 is 0 Å². The zero-order valence-electron chi connectivity index (χ0n) is 15.2. The topological polar surface area (TPSA) is 83.8 Å². The van der Waals surface area contributed by atoms with Crippen LogP contribution in [0.2, 0.25) is 0 Å². The van der Waals surface area contributed by atoms with E-state index in [-0.39, 0.29) is 28.6 Å². The number of aliphatic hydroxyl groups excluding tert-OH is 1. The molecule has 1 aliphatic heterocycles. The number of hydrogen-bond acceptors (Lipinski definition) is 5. The largest absolute Gasteiger partial charge is 0.465 e. The van der Waals surface area contributed by atoms with E-state index in [0.717, 1.165) is 19.1 Å². The number of aliphatic hydroxyl groups is 2. The lowest BCUT2D eigenvalue weighted by Gasteiger charge is -2.51. The van der Waals surface area contributed by atoms with Gasteiger partial charge in [0.2, 0.25) is 0 Å². The summed E-state index contributed by atoms with van der Waals surface area (Å²) in [6.07, 6.45) is 8.25. The zero-order valence-corrected chi connectivity index (χ0v) is 15.2. The van der Waals surface area contributed by atoms with Crippen LogP contribution in [0, 0.1) is 22.7 Å². The predicted molar refractivity (Wildman–Crippen MR) is 92.5 cm³/mol. The first-order valence-corrected chi connectivity index (χ1v) is 9.06. The Morgan fingerprint density at radius 1 is 1.32 bits per heavy atom. The molecule has 5 heteroatoms. The summed E-state index contributed by atoms with van der Waals surface area (Å²) in [6.45, 7) is 5.72. The van der Waals surface area contributed by atoms with E-state index in [1.165, 1.54) is 0 Å². The first-order valence-electron chi connectivity index (χ1n) is 9.06. The molecule has 3 aliphatic rings. The molecule has 1 saturated heterocycles. The van der Waals surface area contributed by atoms with Crippen molar-refractivity contribution in [2.45, 2.75) is 58.2 Å². The van der Waals surface area contributed by atoms with Crippen LogP contribution >= 0.6 is 0 Å². The molecule has 0 aromatic heterocycles. The van der Waals surface area contributed by atoms with Crippen LogP contribution in [0.5, 0.6) is 0 Å². The molecule has 0 bridgehead atoms. The molecule has 2 saturated carbocycles. The standard InChI is InChI=1S/C20H28O5/c1-18(2,24)8-4-5-13(11-21)14-6-9-19(3)15(22)7-10-20(19)12-25-17(23)16(14)20/h4-5,8,11,14-16,22,24H,6-7,9-10,12H2,1-3H3/b8-4+,13-5-/t14-,15-,16+,19+,20-/m1/s1. The monoisotopic (exact) mass is 348 g/mol. The second-order valence-electron chi connectivity index (χ2n) is 8.66. The van der Waals surface area contributed by atoms with Crippen LogP contribution in [0.25, 0.3) is 0 Å². The van der Waals surface area contributed by atoms with Crippen LogP contribution in [0.3, 0.4) is 0 Å². The summed E-state index contributed by atoms with van der Waals surface area (Å²) in [6, 6.07) is 0. The first-order chi connectivity index (χ1) is 11.6. The minimum absolute atomic E-state index is 0.197. The van der Waals surface area contributed by atoms with Crippen molar-refractivity contribution in [3.05, 3.63) is 23.8 Å². The molecule has 0 unspecified atom stereocenters. The molecule has 1 spiro atoms. The van der Waals surface area contributed by atoms with E-state index >= 15 is 0 Å². The lowest BCUT2D eigenvalue weighted by atomic mass is 9.50. The Kier molecular flexibility index (Phi) is 4.44. The van der Waals surface area contributed by atoms with E-state index < -0.39 is 11.7 Å². The highest BCUT2D eigenvalue weighted by Gasteiger charge is 2.69. The Balaban J connectivity index is 1.96. The first kappa shape index (κ1) is 18.3. The minimum atomic E-state index is -0.960. The van der Waals surface area contributed by atoms with E-state index in [4.69, 9.17) is 4.74 Å². The maximum Gasteiger partial charge on any atom is 0.310 e. The van der Waals surface area contributed by atoms with Gasteiger partial charge in [-0.25, -0.2) is 0 Å². The predicted octanol–water partition coefficient (Wildman–Crippen LogP) is 2.17. The highest BCUT2D eigenvalue weighted by Crippen LogP contribution is 2.67. The van der Waals surface area contributed by atoms with Gasteiger partial charge in [-0.3, -0.25) is 9.59 Å². The second-order valence-corrected chi connectivity index (χ2v) is 8.66. The number of esters is 1. The molecule has 2 aliphatic carbocycles. The Bertz CT molecular complexity index is 628. The third-order valence-electron chi connectivity index (χ3n) is 6.79. The fraction of sp³-hybridized carbons (Fsp3) is 0.700.